The van der Waals surface area contributed by atoms with E-state index >= 15 is 0 Å². The van der Waals surface area contributed by atoms with Crippen LogP contribution < -0.4 is 5.32 Å². The summed E-state index contributed by atoms with van der Waals surface area (Å²) >= 11 is 1.53. The molecular formula is C13H18N2O6S. The quantitative estimate of drug-likeness (QED) is 0.740. The Morgan fingerprint density at radius 2 is 2.14 bits per heavy atom. The molecule has 1 N–H and O–H groups in total. The van der Waals surface area contributed by atoms with E-state index in [9.17, 15) is 19.2 Å². The first-order valence-corrected chi connectivity index (χ1v) is 7.82. The van der Waals surface area contributed by atoms with Gasteiger partial charge >= 0.3 is 12.1 Å². The molecular weight excluding hydrogens is 312 g/mol. The third-order valence-electron chi connectivity index (χ3n) is 3.79. The van der Waals surface area contributed by atoms with Crippen molar-refractivity contribution >= 4 is 35.6 Å². The van der Waals surface area contributed by atoms with Gasteiger partial charge in [-0.15, -0.1) is 11.8 Å². The molecule has 9 heteroatoms. The van der Waals surface area contributed by atoms with Gasteiger partial charge in [-0.05, 0) is 20.3 Å². The molecule has 0 aliphatic carbocycles. The molecule has 3 atom stereocenters. The molecule has 2 heterocycles. The van der Waals surface area contributed by atoms with Crippen molar-refractivity contribution in [2.75, 3.05) is 12.9 Å². The van der Waals surface area contributed by atoms with Gasteiger partial charge in [-0.2, -0.15) is 0 Å². The van der Waals surface area contributed by atoms with Crippen molar-refractivity contribution < 1.29 is 28.7 Å². The summed E-state index contributed by atoms with van der Waals surface area (Å²) < 4.78 is 9.37. The largest absolute Gasteiger partial charge is 0.453 e. The van der Waals surface area contributed by atoms with E-state index in [0.717, 1.165) is 7.11 Å². The molecule has 2 aliphatic rings. The highest BCUT2D eigenvalue weighted by Crippen LogP contribution is 2.47. The maximum atomic E-state index is 12.2. The molecule has 122 valence electrons. The van der Waals surface area contributed by atoms with Crippen LogP contribution in [-0.2, 0) is 23.9 Å². The Hall–Kier alpha value is -1.77. The molecule has 0 radical (unpaired) electrons. The minimum absolute atomic E-state index is 0.0823. The number of imide groups is 1. The Morgan fingerprint density at radius 1 is 1.45 bits per heavy atom. The van der Waals surface area contributed by atoms with Crippen molar-refractivity contribution in [3.05, 3.63) is 0 Å². The summed E-state index contributed by atoms with van der Waals surface area (Å²) in [5, 5.41) is 1.92. The normalized spacial score (nSPS) is 28.0. The van der Waals surface area contributed by atoms with E-state index in [2.05, 4.69) is 4.74 Å². The van der Waals surface area contributed by atoms with E-state index < -0.39 is 30.1 Å². The molecule has 3 amide bonds. The maximum Gasteiger partial charge on any atom is 0.413 e. The summed E-state index contributed by atoms with van der Waals surface area (Å²) in [6, 6.07) is -0.696. The number of esters is 1. The molecule has 2 aliphatic heterocycles. The van der Waals surface area contributed by atoms with Crippen molar-refractivity contribution in [3.63, 3.8) is 0 Å². The maximum absolute atomic E-state index is 12.2. The van der Waals surface area contributed by atoms with Crippen molar-refractivity contribution in [3.8, 4) is 0 Å². The number of alkyl carbamates (subject to hydrolysis) is 1. The van der Waals surface area contributed by atoms with E-state index in [-0.39, 0.29) is 10.8 Å². The number of amides is 3. The Balaban J connectivity index is 1.96. The Kier molecular flexibility index (Phi) is 4.64. The highest BCUT2D eigenvalue weighted by Gasteiger charge is 2.53. The van der Waals surface area contributed by atoms with Crippen molar-refractivity contribution in [1.82, 2.24) is 10.2 Å². The van der Waals surface area contributed by atoms with Gasteiger partial charge in [0.1, 0.15) is 6.04 Å². The molecule has 2 saturated heterocycles. The highest BCUT2D eigenvalue weighted by molar-refractivity contribution is 8.01. The first-order valence-electron chi connectivity index (χ1n) is 6.84. The van der Waals surface area contributed by atoms with E-state index in [0.29, 0.717) is 18.6 Å². The lowest BCUT2D eigenvalue weighted by Crippen LogP contribution is -2.48. The molecule has 0 spiro atoms. The van der Waals surface area contributed by atoms with Gasteiger partial charge < -0.3 is 14.4 Å². The first kappa shape index (κ1) is 16.6. The number of rotatable bonds is 3. The fourth-order valence-corrected chi connectivity index (χ4v) is 3.97. The number of fused-ring (bicyclic) bond motifs is 1. The van der Waals surface area contributed by atoms with E-state index in [1.807, 2.05) is 12.2 Å². The molecule has 0 unspecified atom stereocenters. The summed E-state index contributed by atoms with van der Waals surface area (Å²) in [7, 11) is 1.12. The smallest absolute Gasteiger partial charge is 0.413 e. The second-order valence-corrected chi connectivity index (χ2v) is 6.83. The number of hydrogen-bond acceptors (Lipinski definition) is 7. The molecule has 22 heavy (non-hydrogen) atoms. The number of hydrogen-bond donors (Lipinski definition) is 1. The Labute approximate surface area is 131 Å². The zero-order valence-electron chi connectivity index (χ0n) is 12.6. The summed E-state index contributed by atoms with van der Waals surface area (Å²) in [5.74, 6) is -1.06. The Bertz CT molecular complexity index is 525. The van der Waals surface area contributed by atoms with E-state index in [1.165, 1.54) is 18.7 Å². The molecule has 0 saturated carbocycles. The van der Waals surface area contributed by atoms with Gasteiger partial charge in [0.25, 0.3) is 5.91 Å². The molecule has 2 fully saturated rings. The van der Waals surface area contributed by atoms with Gasteiger partial charge in [-0.25, -0.2) is 9.59 Å². The van der Waals surface area contributed by atoms with Gasteiger partial charge in [0.2, 0.25) is 5.91 Å². The van der Waals surface area contributed by atoms with E-state index in [1.54, 1.807) is 4.90 Å². The van der Waals surface area contributed by atoms with Crippen LogP contribution in [0, 0.1) is 0 Å². The molecule has 0 aromatic carbocycles. The molecule has 8 nitrogen and oxygen atoms in total. The number of nitrogens with zero attached hydrogens (tertiary/aromatic N) is 1. The minimum atomic E-state index is -1.15. The number of thioether (sulfide) groups is 1. The average Bonchev–Trinajstić information content (AvgIpc) is 2.95. The summed E-state index contributed by atoms with van der Waals surface area (Å²) in [4.78, 5) is 47.9. The second kappa shape index (κ2) is 6.15. The average molecular weight is 330 g/mol. The van der Waals surface area contributed by atoms with Crippen molar-refractivity contribution in [1.29, 1.82) is 0 Å². The minimum Gasteiger partial charge on any atom is -0.453 e. The monoisotopic (exact) mass is 330 g/mol. The van der Waals surface area contributed by atoms with Gasteiger partial charge in [-0.3, -0.25) is 14.9 Å². The van der Waals surface area contributed by atoms with Gasteiger partial charge in [0.15, 0.2) is 6.10 Å². The lowest BCUT2D eigenvalue weighted by atomic mass is 10.2. The van der Waals surface area contributed by atoms with Crippen LogP contribution in [0.2, 0.25) is 0 Å². The molecule has 0 aromatic rings. The third kappa shape index (κ3) is 3.03. The second-order valence-electron chi connectivity index (χ2n) is 5.33. The fraction of sp³-hybridized carbons (Fsp3) is 0.692. The molecule has 0 aromatic heterocycles. The van der Waals surface area contributed by atoms with Gasteiger partial charge in [-0.1, -0.05) is 0 Å². The third-order valence-corrected chi connectivity index (χ3v) is 5.29. The predicted molar refractivity (Wildman–Crippen MR) is 76.8 cm³/mol. The lowest BCUT2D eigenvalue weighted by Gasteiger charge is -2.29. The SMILES string of the molecule is COC(=O)NC(=O)[C@@H](C)OC(=O)[C@H]1CS[C@@]2(C)CCC(=O)N12. The summed E-state index contributed by atoms with van der Waals surface area (Å²) in [6.45, 7) is 3.27. The van der Waals surface area contributed by atoms with Crippen LogP contribution >= 0.6 is 11.8 Å². The van der Waals surface area contributed by atoms with Crippen molar-refractivity contribution in [2.45, 2.75) is 43.7 Å². The standard InChI is InChI=1S/C13H18N2O6S/c1-7(10(17)14-12(19)20-3)21-11(18)8-6-22-13(2)5-4-9(16)15(8)13/h7-8H,4-6H2,1-3H3,(H,14,17,19)/t7-,8-,13+/m1/s1. The van der Waals surface area contributed by atoms with Crippen LogP contribution in [0.4, 0.5) is 4.79 Å². The van der Waals surface area contributed by atoms with Gasteiger partial charge in [0.05, 0.1) is 12.0 Å². The molecule has 2 rings (SSSR count). The van der Waals surface area contributed by atoms with Crippen LogP contribution in [0.5, 0.6) is 0 Å². The summed E-state index contributed by atoms with van der Waals surface area (Å²) in [6.07, 6.45) is -0.975. The fourth-order valence-electron chi connectivity index (χ4n) is 2.55. The van der Waals surface area contributed by atoms with Crippen LogP contribution in [-0.4, -0.2) is 58.7 Å². The van der Waals surface area contributed by atoms with Crippen LogP contribution in [0.25, 0.3) is 0 Å². The first-order chi connectivity index (χ1) is 10.3. The van der Waals surface area contributed by atoms with Crippen LogP contribution in [0.3, 0.4) is 0 Å². The predicted octanol–water partition coefficient (Wildman–Crippen LogP) is 0.255. The zero-order valence-corrected chi connectivity index (χ0v) is 13.4. The zero-order chi connectivity index (χ0) is 16.5. The van der Waals surface area contributed by atoms with Crippen molar-refractivity contribution in [2.24, 2.45) is 0 Å². The topological polar surface area (TPSA) is 102 Å². The Morgan fingerprint density at radius 3 is 2.77 bits per heavy atom. The highest BCUT2D eigenvalue weighted by atomic mass is 32.2. The van der Waals surface area contributed by atoms with Crippen LogP contribution in [0.15, 0.2) is 0 Å². The number of carbonyl (C=O) groups excluding carboxylic acids is 4. The number of ether oxygens (including phenoxy) is 2. The lowest BCUT2D eigenvalue weighted by molar-refractivity contribution is -0.161. The van der Waals surface area contributed by atoms with E-state index in [4.69, 9.17) is 4.74 Å². The summed E-state index contributed by atoms with van der Waals surface area (Å²) in [5.41, 5.74) is 0. The number of carbonyl (C=O) groups is 4. The van der Waals surface area contributed by atoms with Gasteiger partial charge in [0, 0.05) is 12.2 Å². The number of methoxy groups -OCH3 is 1. The van der Waals surface area contributed by atoms with Crippen LogP contribution in [0.1, 0.15) is 26.7 Å². The number of nitrogens with one attached hydrogen (secondary N) is 1. The molecule has 0 bridgehead atoms.